The Morgan fingerprint density at radius 3 is 1.82 bits per heavy atom. The van der Waals surface area contributed by atoms with E-state index in [4.69, 9.17) is 9.72 Å². The zero-order chi connectivity index (χ0) is 42.7. The van der Waals surface area contributed by atoms with Crippen molar-refractivity contribution in [2.45, 2.75) is 78.6 Å². The van der Waals surface area contributed by atoms with Crippen LogP contribution in [0.1, 0.15) is 79.0 Å². The lowest BCUT2D eigenvalue weighted by atomic mass is 9.85. The normalized spacial score (nSPS) is 12.3. The van der Waals surface area contributed by atoms with Crippen LogP contribution in [0.15, 0.2) is 164 Å². The Bertz CT molecular complexity index is 3040. The Morgan fingerprint density at radius 2 is 1.13 bits per heavy atom. The molecular weight excluding hydrogens is 745 g/mol. The number of fused-ring (bicyclic) bond motifs is 3. The van der Waals surface area contributed by atoms with Crippen LogP contribution in [-0.4, -0.2) is 14.1 Å². The van der Waals surface area contributed by atoms with Crippen LogP contribution in [0.4, 0.5) is 0 Å². The number of hydrogen-bond acceptors (Lipinski definition) is 2. The van der Waals surface area contributed by atoms with Gasteiger partial charge in [-0.15, -0.1) is 0 Å². The van der Waals surface area contributed by atoms with Crippen molar-refractivity contribution in [1.82, 2.24) is 14.1 Å². The van der Waals surface area contributed by atoms with Crippen molar-refractivity contribution in [3.63, 3.8) is 0 Å². The minimum absolute atomic E-state index is 0.0105. The molecule has 0 radical (unpaired) electrons. The molecule has 0 aliphatic carbocycles. The van der Waals surface area contributed by atoms with Crippen molar-refractivity contribution < 1.29 is 9.30 Å². The predicted octanol–water partition coefficient (Wildman–Crippen LogP) is 14.1. The molecule has 0 aliphatic heterocycles. The maximum atomic E-state index is 6.90. The lowest BCUT2D eigenvalue weighted by Gasteiger charge is -2.22. The van der Waals surface area contributed by atoms with E-state index in [9.17, 15) is 0 Å². The zero-order valence-electron chi connectivity index (χ0n) is 36.8. The van der Waals surface area contributed by atoms with Gasteiger partial charge in [-0.3, -0.25) is 13.7 Å². The Hall–Kier alpha value is -6.72. The van der Waals surface area contributed by atoms with Crippen molar-refractivity contribution >= 4 is 21.8 Å². The van der Waals surface area contributed by atoms with Gasteiger partial charge in [0.15, 0.2) is 0 Å². The minimum Gasteiger partial charge on any atom is -0.458 e. The second kappa shape index (κ2) is 15.1. The number of nitrogens with zero attached hydrogens (tertiary/aromatic N) is 4. The number of imidazole rings is 1. The molecule has 0 aliphatic rings. The summed E-state index contributed by atoms with van der Waals surface area (Å²) >= 11 is 0. The Kier molecular flexibility index (Phi) is 9.82. The van der Waals surface area contributed by atoms with Crippen molar-refractivity contribution in [2.24, 2.45) is 0 Å². The number of aromatic nitrogens is 4. The van der Waals surface area contributed by atoms with Gasteiger partial charge in [-0.05, 0) is 110 Å². The van der Waals surface area contributed by atoms with Gasteiger partial charge < -0.3 is 4.74 Å². The zero-order valence-corrected chi connectivity index (χ0v) is 36.8. The summed E-state index contributed by atoms with van der Waals surface area (Å²) in [6.45, 7) is 20.3. The lowest BCUT2D eigenvalue weighted by Crippen LogP contribution is -2.29. The first-order valence-electron chi connectivity index (χ1n) is 21.3. The largest absolute Gasteiger partial charge is 0.458 e. The highest BCUT2D eigenvalue weighted by Gasteiger charge is 2.22. The summed E-state index contributed by atoms with van der Waals surface area (Å²) in [5, 5.41) is 2.34. The monoisotopic (exact) mass is 798 g/mol. The highest BCUT2D eigenvalue weighted by atomic mass is 16.5. The van der Waals surface area contributed by atoms with Gasteiger partial charge in [0.25, 0.3) is 6.33 Å². The van der Waals surface area contributed by atoms with Crippen LogP contribution >= 0.6 is 0 Å². The minimum atomic E-state index is -0.0275. The molecule has 0 unspecified atom stereocenters. The van der Waals surface area contributed by atoms with E-state index in [1.54, 1.807) is 0 Å². The number of ether oxygens (including phenoxy) is 1. The molecule has 3 aromatic heterocycles. The lowest BCUT2D eigenvalue weighted by molar-refractivity contribution is -0.598. The highest BCUT2D eigenvalue weighted by molar-refractivity contribution is 6.09. The molecule has 5 nitrogen and oxygen atoms in total. The van der Waals surface area contributed by atoms with Gasteiger partial charge in [0.1, 0.15) is 17.3 Å². The van der Waals surface area contributed by atoms with Crippen LogP contribution in [0.5, 0.6) is 11.5 Å². The molecule has 0 atom stereocenters. The van der Waals surface area contributed by atoms with Crippen LogP contribution in [-0.2, 0) is 16.2 Å². The van der Waals surface area contributed by atoms with Gasteiger partial charge in [-0.25, -0.2) is 4.98 Å². The molecule has 9 rings (SSSR count). The van der Waals surface area contributed by atoms with Gasteiger partial charge in [-0.1, -0.05) is 147 Å². The predicted molar refractivity (Wildman–Crippen MR) is 252 cm³/mol. The van der Waals surface area contributed by atoms with Crippen molar-refractivity contribution in [3.05, 3.63) is 187 Å². The summed E-state index contributed by atoms with van der Waals surface area (Å²) in [4.78, 5) is 4.97. The Morgan fingerprint density at radius 1 is 0.525 bits per heavy atom. The van der Waals surface area contributed by atoms with E-state index in [0.29, 0.717) is 0 Å². The number of pyridine rings is 1. The second-order valence-electron chi connectivity index (χ2n) is 19.3. The fourth-order valence-electron chi connectivity index (χ4n) is 8.15. The summed E-state index contributed by atoms with van der Waals surface area (Å²) in [7, 11) is 0. The van der Waals surface area contributed by atoms with Gasteiger partial charge in [0.2, 0.25) is 0 Å². The summed E-state index contributed by atoms with van der Waals surface area (Å²) in [6.07, 6.45) is 9.72. The molecule has 61 heavy (non-hydrogen) atoms. The second-order valence-corrected chi connectivity index (χ2v) is 19.3. The third kappa shape index (κ3) is 7.89. The molecule has 0 amide bonds. The number of hydrogen-bond donors (Lipinski definition) is 0. The smallest absolute Gasteiger partial charge is 0.268 e. The first-order chi connectivity index (χ1) is 29.1. The molecule has 0 saturated heterocycles. The molecule has 3 heterocycles. The molecule has 5 heteroatoms. The van der Waals surface area contributed by atoms with Crippen LogP contribution in [0.3, 0.4) is 0 Å². The van der Waals surface area contributed by atoms with Gasteiger partial charge >= 0.3 is 0 Å². The fraction of sp³-hybridized carbons (Fsp3) is 0.214. The third-order valence-corrected chi connectivity index (χ3v) is 11.7. The SMILES string of the molecule is CC(C)(C)c1ccnc(-n2c3cc(Oc4cc(-c5ccccc5)cc(-n5[c-][n+](-c6ccc(C(C)(C)C)cc6-c6ccccc6)cc5)c4)ccc3c3ccc(C(C)(C)C)cc32)c1. The molecule has 6 aromatic carbocycles. The van der Waals surface area contributed by atoms with Crippen molar-refractivity contribution in [1.29, 1.82) is 0 Å². The molecule has 0 bridgehead atoms. The quantitative estimate of drug-likeness (QED) is 0.119. The van der Waals surface area contributed by atoms with Gasteiger partial charge in [0.05, 0.1) is 22.4 Å². The Balaban J connectivity index is 1.16. The van der Waals surface area contributed by atoms with E-state index in [0.717, 1.165) is 61.8 Å². The number of rotatable bonds is 7. The first kappa shape index (κ1) is 39.7. The van der Waals surface area contributed by atoms with Crippen molar-refractivity contribution in [3.8, 4) is 50.9 Å². The van der Waals surface area contributed by atoms with E-state index in [1.807, 2.05) is 16.8 Å². The molecule has 304 valence electrons. The number of benzene rings is 6. The average Bonchev–Trinajstić information content (AvgIpc) is 3.86. The van der Waals surface area contributed by atoms with E-state index in [-0.39, 0.29) is 16.2 Å². The average molecular weight is 799 g/mol. The van der Waals surface area contributed by atoms with Crippen LogP contribution in [0.2, 0.25) is 0 Å². The Labute approximate surface area is 360 Å². The summed E-state index contributed by atoms with van der Waals surface area (Å²) in [5.74, 6) is 2.37. The molecule has 0 fully saturated rings. The van der Waals surface area contributed by atoms with Gasteiger partial charge in [0, 0.05) is 35.4 Å². The van der Waals surface area contributed by atoms with E-state index >= 15 is 0 Å². The highest BCUT2D eigenvalue weighted by Crippen LogP contribution is 2.39. The first-order valence-corrected chi connectivity index (χ1v) is 21.3. The van der Waals surface area contributed by atoms with Crippen LogP contribution < -0.4 is 9.30 Å². The summed E-state index contributed by atoms with van der Waals surface area (Å²) < 4.78 is 13.3. The third-order valence-electron chi connectivity index (χ3n) is 11.7. The summed E-state index contributed by atoms with van der Waals surface area (Å²) in [5.41, 5.74) is 12.4. The molecular formula is C56H54N4O. The van der Waals surface area contributed by atoms with E-state index < -0.39 is 0 Å². The van der Waals surface area contributed by atoms with Crippen LogP contribution in [0, 0.1) is 6.33 Å². The maximum Gasteiger partial charge on any atom is 0.268 e. The maximum absolute atomic E-state index is 6.90. The van der Waals surface area contributed by atoms with E-state index in [1.165, 1.54) is 27.6 Å². The molecule has 0 saturated carbocycles. The van der Waals surface area contributed by atoms with Crippen molar-refractivity contribution in [2.75, 3.05) is 0 Å². The fourth-order valence-corrected chi connectivity index (χ4v) is 8.15. The van der Waals surface area contributed by atoms with Crippen LogP contribution in [0.25, 0.3) is 61.3 Å². The molecule has 0 N–H and O–H groups in total. The standard InChI is InChI=1S/C56H54N4O/c1-54(2,3)41-21-25-50(49(32-41)39-18-14-11-15-19-39)59-29-28-58(37-59)44-30-40(38-16-12-10-13-17-38)31-46(35-44)61-45-22-24-48-47-23-20-42(55(4,5)6)33-51(47)60(52(48)36-45)53-34-43(26-27-57-53)56(7,8)9/h10-36H,1-9H3. The topological polar surface area (TPSA) is 35.9 Å². The summed E-state index contributed by atoms with van der Waals surface area (Å²) in [6, 6.07) is 51.9. The molecule has 9 aromatic rings. The van der Waals surface area contributed by atoms with Gasteiger partial charge in [-0.2, -0.15) is 0 Å². The van der Waals surface area contributed by atoms with E-state index in [2.05, 4.69) is 230 Å². The molecule has 0 spiro atoms.